The molecular formula is C15H21FN2O2S. The number of likely N-dealkylation sites (tertiary alicyclic amines) is 1. The van der Waals surface area contributed by atoms with E-state index < -0.39 is 10.0 Å². The fourth-order valence-electron chi connectivity index (χ4n) is 3.13. The van der Waals surface area contributed by atoms with Crippen LogP contribution < -0.4 is 4.72 Å². The Labute approximate surface area is 125 Å². The van der Waals surface area contributed by atoms with E-state index in [4.69, 9.17) is 0 Å². The van der Waals surface area contributed by atoms with E-state index in [-0.39, 0.29) is 16.8 Å². The highest BCUT2D eigenvalue weighted by atomic mass is 32.2. The summed E-state index contributed by atoms with van der Waals surface area (Å²) in [6.45, 7) is 4.49. The van der Waals surface area contributed by atoms with Crippen LogP contribution in [0, 0.1) is 12.7 Å². The lowest BCUT2D eigenvalue weighted by Crippen LogP contribution is -2.37. The van der Waals surface area contributed by atoms with Gasteiger partial charge in [-0.05, 0) is 56.9 Å². The molecule has 1 N–H and O–H groups in total. The SMILES string of the molecule is Cc1cc(S(=O)(=O)N[C@@H]2C[C@H](C)N(C3CC3)C2)ccc1F. The van der Waals surface area contributed by atoms with Gasteiger partial charge in [0.15, 0.2) is 0 Å². The summed E-state index contributed by atoms with van der Waals surface area (Å²) in [6, 6.07) is 4.91. The number of nitrogens with zero attached hydrogens (tertiary/aromatic N) is 1. The molecule has 1 saturated carbocycles. The number of rotatable bonds is 4. The first-order valence-corrected chi connectivity index (χ1v) is 8.89. The van der Waals surface area contributed by atoms with E-state index in [0.717, 1.165) is 13.0 Å². The van der Waals surface area contributed by atoms with Gasteiger partial charge in [-0.1, -0.05) is 0 Å². The Morgan fingerprint density at radius 3 is 2.67 bits per heavy atom. The molecule has 116 valence electrons. The maximum absolute atomic E-state index is 13.3. The maximum atomic E-state index is 13.3. The number of halogens is 1. The van der Waals surface area contributed by atoms with Gasteiger partial charge in [-0.2, -0.15) is 0 Å². The van der Waals surface area contributed by atoms with E-state index in [9.17, 15) is 12.8 Å². The quantitative estimate of drug-likeness (QED) is 0.925. The normalized spacial score (nSPS) is 27.2. The molecule has 0 unspecified atom stereocenters. The van der Waals surface area contributed by atoms with Crippen molar-refractivity contribution in [2.45, 2.75) is 56.1 Å². The molecule has 6 heteroatoms. The lowest BCUT2D eigenvalue weighted by molar-refractivity contribution is 0.256. The van der Waals surface area contributed by atoms with Gasteiger partial charge in [-0.15, -0.1) is 0 Å². The minimum atomic E-state index is -3.58. The third-order valence-corrected chi connectivity index (χ3v) is 5.92. The van der Waals surface area contributed by atoms with Crippen molar-refractivity contribution in [3.63, 3.8) is 0 Å². The molecule has 1 saturated heterocycles. The third-order valence-electron chi connectivity index (χ3n) is 4.40. The van der Waals surface area contributed by atoms with Crippen LogP contribution in [-0.2, 0) is 10.0 Å². The lowest BCUT2D eigenvalue weighted by Gasteiger charge is -2.19. The first-order chi connectivity index (χ1) is 9.87. The molecule has 21 heavy (non-hydrogen) atoms. The van der Waals surface area contributed by atoms with Crippen molar-refractivity contribution in [1.82, 2.24) is 9.62 Å². The van der Waals surface area contributed by atoms with Gasteiger partial charge in [0, 0.05) is 24.7 Å². The highest BCUT2D eigenvalue weighted by Crippen LogP contribution is 2.33. The lowest BCUT2D eigenvalue weighted by atomic mass is 10.2. The first-order valence-electron chi connectivity index (χ1n) is 7.41. The molecule has 0 spiro atoms. The summed E-state index contributed by atoms with van der Waals surface area (Å²) in [7, 11) is -3.58. The zero-order chi connectivity index (χ0) is 15.2. The summed E-state index contributed by atoms with van der Waals surface area (Å²) >= 11 is 0. The Balaban J connectivity index is 1.72. The van der Waals surface area contributed by atoms with Crippen LogP contribution in [0.5, 0.6) is 0 Å². The summed E-state index contributed by atoms with van der Waals surface area (Å²) in [6.07, 6.45) is 3.28. The highest BCUT2D eigenvalue weighted by Gasteiger charge is 2.39. The van der Waals surface area contributed by atoms with Crippen LogP contribution in [-0.4, -0.2) is 38.0 Å². The molecule has 2 aliphatic rings. The zero-order valence-corrected chi connectivity index (χ0v) is 13.2. The van der Waals surface area contributed by atoms with Crippen molar-refractivity contribution in [3.8, 4) is 0 Å². The molecule has 4 nitrogen and oxygen atoms in total. The fourth-order valence-corrected chi connectivity index (χ4v) is 4.45. The average molecular weight is 312 g/mol. The average Bonchev–Trinajstić information content (AvgIpc) is 3.17. The Hall–Kier alpha value is -0.980. The predicted molar refractivity (Wildman–Crippen MR) is 79.1 cm³/mol. The topological polar surface area (TPSA) is 49.4 Å². The summed E-state index contributed by atoms with van der Waals surface area (Å²) in [5.74, 6) is -0.386. The second-order valence-corrected chi connectivity index (χ2v) is 7.96. The molecule has 1 aliphatic carbocycles. The van der Waals surface area contributed by atoms with E-state index in [1.54, 1.807) is 6.92 Å². The van der Waals surface area contributed by atoms with Gasteiger partial charge >= 0.3 is 0 Å². The van der Waals surface area contributed by atoms with Crippen molar-refractivity contribution in [2.75, 3.05) is 6.54 Å². The minimum absolute atomic E-state index is 0.0593. The van der Waals surface area contributed by atoms with Crippen LogP contribution in [0.15, 0.2) is 23.1 Å². The monoisotopic (exact) mass is 312 g/mol. The van der Waals surface area contributed by atoms with E-state index in [1.165, 1.54) is 31.0 Å². The second kappa shape index (κ2) is 5.34. The Morgan fingerprint density at radius 2 is 2.05 bits per heavy atom. The summed E-state index contributed by atoms with van der Waals surface area (Å²) in [5.41, 5.74) is 0.345. The zero-order valence-electron chi connectivity index (χ0n) is 12.3. The fraction of sp³-hybridized carbons (Fsp3) is 0.600. The van der Waals surface area contributed by atoms with Crippen LogP contribution in [0.1, 0.15) is 31.7 Å². The van der Waals surface area contributed by atoms with Gasteiger partial charge in [-0.3, -0.25) is 4.90 Å². The molecular weight excluding hydrogens is 291 g/mol. The Kier molecular flexibility index (Phi) is 3.80. The van der Waals surface area contributed by atoms with Crippen LogP contribution in [0.2, 0.25) is 0 Å². The largest absolute Gasteiger partial charge is 0.296 e. The van der Waals surface area contributed by atoms with E-state index in [1.807, 2.05) is 0 Å². The van der Waals surface area contributed by atoms with Gasteiger partial charge < -0.3 is 0 Å². The summed E-state index contributed by atoms with van der Waals surface area (Å²) in [4.78, 5) is 2.53. The highest BCUT2D eigenvalue weighted by molar-refractivity contribution is 7.89. The first kappa shape index (κ1) is 14.9. The van der Waals surface area contributed by atoms with Crippen molar-refractivity contribution in [3.05, 3.63) is 29.6 Å². The third kappa shape index (κ3) is 3.12. The van der Waals surface area contributed by atoms with Crippen molar-refractivity contribution >= 4 is 10.0 Å². The number of hydrogen-bond acceptors (Lipinski definition) is 3. The molecule has 0 aromatic heterocycles. The molecule has 0 amide bonds. The standard InChI is InChI=1S/C15H21FN2O2S/c1-10-7-14(5-6-15(10)16)21(19,20)17-12-8-11(2)18(9-12)13-3-4-13/h5-7,11-13,17H,3-4,8-9H2,1-2H3/t11-,12+/m0/s1. The van der Waals surface area contributed by atoms with Crippen LogP contribution in [0.3, 0.4) is 0 Å². The van der Waals surface area contributed by atoms with Crippen LogP contribution in [0.4, 0.5) is 4.39 Å². The number of benzene rings is 1. The molecule has 3 rings (SSSR count). The van der Waals surface area contributed by atoms with Crippen molar-refractivity contribution in [2.24, 2.45) is 0 Å². The van der Waals surface area contributed by atoms with Gasteiger partial charge in [-0.25, -0.2) is 17.5 Å². The predicted octanol–water partition coefficient (Wildman–Crippen LogP) is 2.04. The molecule has 1 aromatic carbocycles. The van der Waals surface area contributed by atoms with Crippen molar-refractivity contribution < 1.29 is 12.8 Å². The number of nitrogens with one attached hydrogen (secondary N) is 1. The van der Waals surface area contributed by atoms with Gasteiger partial charge in [0.1, 0.15) is 5.82 Å². The van der Waals surface area contributed by atoms with E-state index in [0.29, 0.717) is 17.6 Å². The van der Waals surface area contributed by atoms with Crippen LogP contribution in [0.25, 0.3) is 0 Å². The minimum Gasteiger partial charge on any atom is -0.296 e. The second-order valence-electron chi connectivity index (χ2n) is 6.24. The van der Waals surface area contributed by atoms with E-state index in [2.05, 4.69) is 16.5 Å². The molecule has 2 atom stereocenters. The van der Waals surface area contributed by atoms with Gasteiger partial charge in [0.2, 0.25) is 10.0 Å². The van der Waals surface area contributed by atoms with E-state index >= 15 is 0 Å². The Morgan fingerprint density at radius 1 is 1.33 bits per heavy atom. The molecule has 1 aliphatic heterocycles. The Bertz CT molecular complexity index is 643. The molecule has 1 heterocycles. The summed E-state index contributed by atoms with van der Waals surface area (Å²) in [5, 5.41) is 0. The van der Waals surface area contributed by atoms with Gasteiger partial charge in [0.25, 0.3) is 0 Å². The number of hydrogen-bond donors (Lipinski definition) is 1. The molecule has 1 aromatic rings. The molecule has 0 bridgehead atoms. The maximum Gasteiger partial charge on any atom is 0.240 e. The van der Waals surface area contributed by atoms with Crippen LogP contribution >= 0.6 is 0 Å². The molecule has 0 radical (unpaired) electrons. The number of sulfonamides is 1. The van der Waals surface area contributed by atoms with Crippen molar-refractivity contribution in [1.29, 1.82) is 0 Å². The molecule has 2 fully saturated rings. The number of aryl methyl sites for hydroxylation is 1. The summed E-state index contributed by atoms with van der Waals surface area (Å²) < 4.78 is 40.8. The van der Waals surface area contributed by atoms with Gasteiger partial charge in [0.05, 0.1) is 4.90 Å². The smallest absolute Gasteiger partial charge is 0.240 e.